The first-order chi connectivity index (χ1) is 9.20. The van der Waals surface area contributed by atoms with Crippen molar-refractivity contribution in [2.45, 2.75) is 31.3 Å². The van der Waals surface area contributed by atoms with E-state index in [4.69, 9.17) is 4.74 Å². The lowest BCUT2D eigenvalue weighted by Crippen LogP contribution is -2.44. The SMILES string of the molecule is O=C(c1sccc1Br)C1CCOC2(CCSCC2)C1. The highest BCUT2D eigenvalue weighted by atomic mass is 79.9. The van der Waals surface area contributed by atoms with Crippen molar-refractivity contribution in [2.75, 3.05) is 18.1 Å². The maximum atomic E-state index is 12.6. The molecule has 1 spiro atoms. The Morgan fingerprint density at radius 3 is 2.89 bits per heavy atom. The van der Waals surface area contributed by atoms with Gasteiger partial charge in [-0.15, -0.1) is 11.3 Å². The van der Waals surface area contributed by atoms with Crippen LogP contribution < -0.4 is 0 Å². The topological polar surface area (TPSA) is 26.3 Å². The fourth-order valence-electron chi connectivity index (χ4n) is 3.00. The second-order valence-electron chi connectivity index (χ2n) is 5.30. The molecule has 2 fully saturated rings. The van der Waals surface area contributed by atoms with Crippen molar-refractivity contribution < 1.29 is 9.53 Å². The van der Waals surface area contributed by atoms with Gasteiger partial charge in [0, 0.05) is 17.0 Å². The Morgan fingerprint density at radius 2 is 2.21 bits per heavy atom. The molecule has 1 atom stereocenters. The molecule has 2 aliphatic rings. The van der Waals surface area contributed by atoms with Crippen LogP contribution in [0.2, 0.25) is 0 Å². The summed E-state index contributed by atoms with van der Waals surface area (Å²) in [7, 11) is 0. The molecular weight excluding hydrogens is 344 g/mol. The lowest BCUT2D eigenvalue weighted by atomic mass is 9.80. The van der Waals surface area contributed by atoms with Crippen LogP contribution in [0.1, 0.15) is 35.4 Å². The number of Topliss-reactive ketones (excluding diaryl/α,β-unsaturated/α-hetero) is 1. The van der Waals surface area contributed by atoms with Gasteiger partial charge >= 0.3 is 0 Å². The number of carbonyl (C=O) groups excluding carboxylic acids is 1. The minimum atomic E-state index is -0.00639. The largest absolute Gasteiger partial charge is 0.375 e. The van der Waals surface area contributed by atoms with Crippen molar-refractivity contribution in [2.24, 2.45) is 5.92 Å². The van der Waals surface area contributed by atoms with E-state index in [2.05, 4.69) is 15.9 Å². The summed E-state index contributed by atoms with van der Waals surface area (Å²) in [6.45, 7) is 0.740. The van der Waals surface area contributed by atoms with E-state index in [1.807, 2.05) is 23.2 Å². The van der Waals surface area contributed by atoms with Crippen molar-refractivity contribution in [3.63, 3.8) is 0 Å². The molecule has 0 aliphatic carbocycles. The fraction of sp³-hybridized carbons (Fsp3) is 0.643. The first-order valence-electron chi connectivity index (χ1n) is 6.69. The van der Waals surface area contributed by atoms with Gasteiger partial charge in [-0.1, -0.05) is 0 Å². The average molecular weight is 361 g/mol. The van der Waals surface area contributed by atoms with Crippen molar-refractivity contribution in [3.05, 3.63) is 20.8 Å². The Bertz CT molecular complexity index is 460. The van der Waals surface area contributed by atoms with E-state index in [1.54, 1.807) is 11.3 Å². The number of ketones is 1. The zero-order chi connectivity index (χ0) is 13.3. The molecule has 19 heavy (non-hydrogen) atoms. The minimum Gasteiger partial charge on any atom is -0.375 e. The third kappa shape index (κ3) is 2.94. The van der Waals surface area contributed by atoms with Gasteiger partial charge in [0.1, 0.15) is 0 Å². The van der Waals surface area contributed by atoms with Crippen LogP contribution in [0.3, 0.4) is 0 Å². The van der Waals surface area contributed by atoms with E-state index in [1.165, 1.54) is 11.5 Å². The van der Waals surface area contributed by atoms with Gasteiger partial charge in [-0.05, 0) is 64.6 Å². The van der Waals surface area contributed by atoms with Crippen LogP contribution in [-0.2, 0) is 4.74 Å². The Morgan fingerprint density at radius 1 is 1.42 bits per heavy atom. The van der Waals surface area contributed by atoms with Gasteiger partial charge in [0.25, 0.3) is 0 Å². The summed E-state index contributed by atoms with van der Waals surface area (Å²) in [6, 6.07) is 1.96. The maximum absolute atomic E-state index is 12.6. The molecule has 0 amide bonds. The Kier molecular flexibility index (Phi) is 4.37. The number of halogens is 1. The zero-order valence-corrected chi connectivity index (χ0v) is 13.9. The van der Waals surface area contributed by atoms with Crippen LogP contribution in [0.15, 0.2) is 15.9 Å². The highest BCUT2D eigenvalue weighted by Crippen LogP contribution is 2.41. The van der Waals surface area contributed by atoms with E-state index >= 15 is 0 Å². The zero-order valence-electron chi connectivity index (χ0n) is 10.7. The summed E-state index contributed by atoms with van der Waals surface area (Å²) < 4.78 is 7.01. The summed E-state index contributed by atoms with van der Waals surface area (Å²) in [5.74, 6) is 2.79. The Balaban J connectivity index is 1.74. The van der Waals surface area contributed by atoms with Gasteiger partial charge in [0.15, 0.2) is 5.78 Å². The smallest absolute Gasteiger partial charge is 0.177 e. The van der Waals surface area contributed by atoms with Gasteiger partial charge in [-0.25, -0.2) is 0 Å². The molecule has 3 rings (SSSR count). The van der Waals surface area contributed by atoms with E-state index in [0.29, 0.717) is 5.78 Å². The number of hydrogen-bond donors (Lipinski definition) is 0. The molecule has 2 saturated heterocycles. The van der Waals surface area contributed by atoms with Crippen LogP contribution in [0.5, 0.6) is 0 Å². The molecule has 0 radical (unpaired) electrons. The van der Waals surface area contributed by atoms with E-state index < -0.39 is 0 Å². The molecule has 3 heterocycles. The molecule has 0 N–H and O–H groups in total. The molecule has 0 saturated carbocycles. The monoisotopic (exact) mass is 360 g/mol. The second kappa shape index (κ2) is 5.88. The third-order valence-electron chi connectivity index (χ3n) is 4.11. The van der Waals surface area contributed by atoms with Gasteiger partial charge < -0.3 is 4.74 Å². The molecule has 0 bridgehead atoms. The number of hydrogen-bond acceptors (Lipinski definition) is 4. The number of rotatable bonds is 2. The molecule has 2 nitrogen and oxygen atoms in total. The Hall–Kier alpha value is 0.160. The van der Waals surface area contributed by atoms with Crippen LogP contribution in [0.4, 0.5) is 0 Å². The van der Waals surface area contributed by atoms with Crippen LogP contribution in [0, 0.1) is 5.92 Å². The van der Waals surface area contributed by atoms with Crippen molar-refractivity contribution in [1.29, 1.82) is 0 Å². The standard InChI is InChI=1S/C14H17BrO2S2/c15-11-2-6-19-13(11)12(16)10-1-5-17-14(9-10)3-7-18-8-4-14/h2,6,10H,1,3-5,7-9H2. The molecule has 1 aromatic rings. The van der Waals surface area contributed by atoms with Crippen molar-refractivity contribution >= 4 is 44.8 Å². The first kappa shape index (κ1) is 14.1. The predicted molar refractivity (Wildman–Crippen MR) is 84.3 cm³/mol. The molecule has 1 unspecified atom stereocenters. The molecule has 0 aromatic carbocycles. The van der Waals surface area contributed by atoms with Gasteiger partial charge in [0.05, 0.1) is 10.5 Å². The van der Waals surface area contributed by atoms with Gasteiger partial charge in [0.2, 0.25) is 0 Å². The quantitative estimate of drug-likeness (QED) is 0.731. The molecule has 1 aromatic heterocycles. The number of thioether (sulfide) groups is 1. The van der Waals surface area contributed by atoms with Crippen molar-refractivity contribution in [3.8, 4) is 0 Å². The normalized spacial score (nSPS) is 26.5. The summed E-state index contributed by atoms with van der Waals surface area (Å²) in [5, 5.41) is 1.98. The summed E-state index contributed by atoms with van der Waals surface area (Å²) in [5.41, 5.74) is -0.00639. The Labute approximate surface area is 130 Å². The average Bonchev–Trinajstić information content (AvgIpc) is 2.85. The van der Waals surface area contributed by atoms with E-state index in [-0.39, 0.29) is 11.5 Å². The number of thiophene rings is 1. The van der Waals surface area contributed by atoms with Crippen molar-refractivity contribution in [1.82, 2.24) is 0 Å². The van der Waals surface area contributed by atoms with Crippen LogP contribution in [-0.4, -0.2) is 29.5 Å². The highest BCUT2D eigenvalue weighted by molar-refractivity contribution is 9.10. The third-order valence-corrected chi connectivity index (χ3v) is 6.95. The molecule has 5 heteroatoms. The lowest BCUT2D eigenvalue weighted by Gasteiger charge is -2.42. The number of carbonyl (C=O) groups is 1. The highest BCUT2D eigenvalue weighted by Gasteiger charge is 2.41. The molecule has 2 aliphatic heterocycles. The molecular formula is C14H17BrO2S2. The van der Waals surface area contributed by atoms with Crippen LogP contribution >= 0.6 is 39.0 Å². The van der Waals surface area contributed by atoms with Gasteiger partial charge in [-0.2, -0.15) is 11.8 Å². The number of ether oxygens (including phenoxy) is 1. The summed E-state index contributed by atoms with van der Waals surface area (Å²) in [6.07, 6.45) is 3.99. The second-order valence-corrected chi connectivity index (χ2v) is 8.29. The first-order valence-corrected chi connectivity index (χ1v) is 9.52. The molecule has 104 valence electrons. The summed E-state index contributed by atoms with van der Waals surface area (Å²) in [4.78, 5) is 13.5. The van der Waals surface area contributed by atoms with Crippen LogP contribution in [0.25, 0.3) is 0 Å². The van der Waals surface area contributed by atoms with E-state index in [0.717, 1.165) is 41.6 Å². The summed E-state index contributed by atoms with van der Waals surface area (Å²) >= 11 is 7.02. The maximum Gasteiger partial charge on any atom is 0.177 e. The van der Waals surface area contributed by atoms with E-state index in [9.17, 15) is 4.79 Å². The minimum absolute atomic E-state index is 0.00639. The van der Waals surface area contributed by atoms with Gasteiger partial charge in [-0.3, -0.25) is 4.79 Å². The fourth-order valence-corrected chi connectivity index (χ4v) is 5.82. The lowest BCUT2D eigenvalue weighted by molar-refractivity contribution is -0.0959. The predicted octanol–water partition coefficient (Wildman–Crippen LogP) is 4.39.